The minimum absolute atomic E-state index is 0.154. The maximum atomic E-state index is 11.9. The predicted octanol–water partition coefficient (Wildman–Crippen LogP) is 2.17. The van der Waals surface area contributed by atoms with Gasteiger partial charge in [-0.25, -0.2) is 9.78 Å². The van der Waals surface area contributed by atoms with Crippen LogP contribution in [0, 0.1) is 0 Å². The first-order valence-corrected chi connectivity index (χ1v) is 4.57. The SMILES string of the molecule is NC(=O)Nc1cnc(OCC(F)(F)F)c(Cl)c1. The van der Waals surface area contributed by atoms with E-state index in [9.17, 15) is 18.0 Å². The molecule has 0 fully saturated rings. The number of amides is 2. The molecular weight excluding hydrogens is 263 g/mol. The molecule has 1 heterocycles. The zero-order valence-electron chi connectivity index (χ0n) is 8.21. The summed E-state index contributed by atoms with van der Waals surface area (Å²) >= 11 is 5.59. The molecule has 5 nitrogen and oxygen atoms in total. The van der Waals surface area contributed by atoms with Crippen molar-refractivity contribution in [1.82, 2.24) is 4.98 Å². The van der Waals surface area contributed by atoms with Crippen molar-refractivity contribution in [2.24, 2.45) is 5.73 Å². The number of rotatable bonds is 3. The number of nitrogens with two attached hydrogens (primary N) is 1. The summed E-state index contributed by atoms with van der Waals surface area (Å²) in [5.41, 5.74) is 4.98. The van der Waals surface area contributed by atoms with Gasteiger partial charge in [-0.3, -0.25) is 0 Å². The molecule has 2 amide bonds. The second kappa shape index (κ2) is 5.09. The topological polar surface area (TPSA) is 77.2 Å². The lowest BCUT2D eigenvalue weighted by Gasteiger charge is -2.10. The van der Waals surface area contributed by atoms with Crippen molar-refractivity contribution in [1.29, 1.82) is 0 Å². The second-order valence-corrected chi connectivity index (χ2v) is 3.31. The van der Waals surface area contributed by atoms with E-state index >= 15 is 0 Å². The minimum atomic E-state index is -4.48. The van der Waals surface area contributed by atoms with E-state index in [1.165, 1.54) is 6.07 Å². The van der Waals surface area contributed by atoms with E-state index in [1.807, 2.05) is 0 Å². The Morgan fingerprint density at radius 1 is 1.59 bits per heavy atom. The van der Waals surface area contributed by atoms with Crippen LogP contribution in [0.25, 0.3) is 0 Å². The Balaban J connectivity index is 2.73. The first-order chi connectivity index (χ1) is 7.78. The summed E-state index contributed by atoms with van der Waals surface area (Å²) in [6.07, 6.45) is -3.41. The molecule has 0 aliphatic rings. The fourth-order valence-corrected chi connectivity index (χ4v) is 1.11. The van der Waals surface area contributed by atoms with Crippen molar-refractivity contribution in [2.75, 3.05) is 11.9 Å². The molecule has 17 heavy (non-hydrogen) atoms. The number of primary amides is 1. The molecule has 0 saturated carbocycles. The number of carbonyl (C=O) groups excluding carboxylic acids is 1. The lowest BCUT2D eigenvalue weighted by Crippen LogP contribution is -2.20. The minimum Gasteiger partial charge on any atom is -0.467 e. The third-order valence-electron chi connectivity index (χ3n) is 1.45. The van der Waals surface area contributed by atoms with Gasteiger partial charge >= 0.3 is 12.2 Å². The maximum Gasteiger partial charge on any atom is 0.422 e. The molecule has 1 rings (SSSR count). The van der Waals surface area contributed by atoms with Crippen molar-refractivity contribution in [3.63, 3.8) is 0 Å². The van der Waals surface area contributed by atoms with Gasteiger partial charge in [0.2, 0.25) is 5.88 Å². The lowest BCUT2D eigenvalue weighted by atomic mass is 10.4. The highest BCUT2D eigenvalue weighted by Crippen LogP contribution is 2.26. The van der Waals surface area contributed by atoms with Crippen LogP contribution in [0.2, 0.25) is 5.02 Å². The highest BCUT2D eigenvalue weighted by atomic mass is 35.5. The van der Waals surface area contributed by atoms with Crippen LogP contribution in [-0.4, -0.2) is 23.8 Å². The lowest BCUT2D eigenvalue weighted by molar-refractivity contribution is -0.154. The third kappa shape index (κ3) is 4.77. The normalized spacial score (nSPS) is 11.1. The van der Waals surface area contributed by atoms with Gasteiger partial charge in [0.05, 0.1) is 11.9 Å². The molecule has 0 saturated heterocycles. The molecule has 0 aliphatic carbocycles. The standard InChI is InChI=1S/C8H7ClF3N3O2/c9-5-1-4(15-7(13)16)2-14-6(5)17-3-8(10,11)12/h1-2H,3H2,(H3,13,15,16). The molecule has 0 bridgehead atoms. The third-order valence-corrected chi connectivity index (χ3v) is 1.72. The molecule has 94 valence electrons. The first-order valence-electron chi connectivity index (χ1n) is 4.19. The number of ether oxygens (including phenoxy) is 1. The first kappa shape index (κ1) is 13.4. The molecular formula is C8H7ClF3N3O2. The zero-order chi connectivity index (χ0) is 13.1. The van der Waals surface area contributed by atoms with Crippen molar-refractivity contribution >= 4 is 23.3 Å². The number of halogens is 4. The van der Waals surface area contributed by atoms with Gasteiger partial charge in [0.25, 0.3) is 0 Å². The number of hydrogen-bond donors (Lipinski definition) is 2. The number of pyridine rings is 1. The van der Waals surface area contributed by atoms with Crippen LogP contribution >= 0.6 is 11.6 Å². The number of nitrogens with one attached hydrogen (secondary N) is 1. The molecule has 3 N–H and O–H groups in total. The van der Waals surface area contributed by atoms with Crippen LogP contribution in [0.3, 0.4) is 0 Å². The molecule has 1 aromatic heterocycles. The number of aromatic nitrogens is 1. The number of anilines is 1. The predicted molar refractivity (Wildman–Crippen MR) is 54.0 cm³/mol. The number of hydrogen-bond acceptors (Lipinski definition) is 3. The van der Waals surface area contributed by atoms with Gasteiger partial charge in [-0.15, -0.1) is 0 Å². The Bertz CT molecular complexity index is 425. The number of nitrogens with zero attached hydrogens (tertiary/aromatic N) is 1. The number of carbonyl (C=O) groups is 1. The van der Waals surface area contributed by atoms with Gasteiger partial charge in [0, 0.05) is 0 Å². The van der Waals surface area contributed by atoms with E-state index in [2.05, 4.69) is 15.0 Å². The Kier molecular flexibility index (Phi) is 4.00. The molecule has 9 heteroatoms. The number of alkyl halides is 3. The van der Waals surface area contributed by atoms with Crippen LogP contribution in [0.15, 0.2) is 12.3 Å². The number of urea groups is 1. The molecule has 0 atom stereocenters. The van der Waals surface area contributed by atoms with Crippen molar-refractivity contribution in [3.8, 4) is 5.88 Å². The molecule has 1 aromatic rings. The Labute approximate surface area is 98.7 Å². The van der Waals surface area contributed by atoms with Gasteiger partial charge < -0.3 is 15.8 Å². The quantitative estimate of drug-likeness (QED) is 0.883. The van der Waals surface area contributed by atoms with Crippen LogP contribution in [-0.2, 0) is 0 Å². The van der Waals surface area contributed by atoms with Crippen molar-refractivity contribution < 1.29 is 22.7 Å². The van der Waals surface area contributed by atoms with E-state index in [4.69, 9.17) is 17.3 Å². The van der Waals surface area contributed by atoms with Crippen molar-refractivity contribution in [3.05, 3.63) is 17.3 Å². The molecule has 0 unspecified atom stereocenters. The monoisotopic (exact) mass is 269 g/mol. The fourth-order valence-electron chi connectivity index (χ4n) is 0.892. The summed E-state index contributed by atoms with van der Waals surface area (Å²) in [7, 11) is 0. The van der Waals surface area contributed by atoms with E-state index in [1.54, 1.807) is 0 Å². The largest absolute Gasteiger partial charge is 0.467 e. The van der Waals surface area contributed by atoms with Crippen LogP contribution in [0.1, 0.15) is 0 Å². The van der Waals surface area contributed by atoms with Crippen molar-refractivity contribution in [2.45, 2.75) is 6.18 Å². The second-order valence-electron chi connectivity index (χ2n) is 2.90. The summed E-state index contributed by atoms with van der Waals surface area (Å²) in [5, 5.41) is 1.99. The van der Waals surface area contributed by atoms with Gasteiger partial charge in [0.15, 0.2) is 6.61 Å². The fraction of sp³-hybridized carbons (Fsp3) is 0.250. The molecule has 0 radical (unpaired) electrons. The average molecular weight is 270 g/mol. The van der Waals surface area contributed by atoms with E-state index in [0.717, 1.165) is 6.20 Å². The highest BCUT2D eigenvalue weighted by molar-refractivity contribution is 6.32. The molecule has 0 spiro atoms. The summed E-state index contributed by atoms with van der Waals surface area (Å²) in [6, 6.07) is 0.331. The maximum absolute atomic E-state index is 11.9. The summed E-state index contributed by atoms with van der Waals surface area (Å²) in [6.45, 7) is -1.50. The average Bonchev–Trinajstić information content (AvgIpc) is 2.13. The van der Waals surface area contributed by atoms with Crippen LogP contribution in [0.4, 0.5) is 23.7 Å². The van der Waals surface area contributed by atoms with E-state index in [0.29, 0.717) is 0 Å². The molecule has 0 aliphatic heterocycles. The Morgan fingerprint density at radius 2 is 2.24 bits per heavy atom. The highest BCUT2D eigenvalue weighted by Gasteiger charge is 2.29. The zero-order valence-corrected chi connectivity index (χ0v) is 8.97. The summed E-state index contributed by atoms with van der Waals surface area (Å²) < 4.78 is 39.9. The van der Waals surface area contributed by atoms with Crippen LogP contribution in [0.5, 0.6) is 5.88 Å². The molecule has 0 aromatic carbocycles. The summed E-state index contributed by atoms with van der Waals surface area (Å²) in [4.78, 5) is 14.0. The van der Waals surface area contributed by atoms with Gasteiger partial charge in [0.1, 0.15) is 5.02 Å². The van der Waals surface area contributed by atoms with Crippen LogP contribution < -0.4 is 15.8 Å². The van der Waals surface area contributed by atoms with E-state index < -0.39 is 18.8 Å². The Morgan fingerprint density at radius 3 is 2.71 bits per heavy atom. The van der Waals surface area contributed by atoms with Gasteiger partial charge in [-0.1, -0.05) is 11.6 Å². The van der Waals surface area contributed by atoms with Gasteiger partial charge in [-0.2, -0.15) is 13.2 Å². The van der Waals surface area contributed by atoms with E-state index in [-0.39, 0.29) is 16.6 Å². The summed E-state index contributed by atoms with van der Waals surface area (Å²) in [5.74, 6) is -0.376. The smallest absolute Gasteiger partial charge is 0.422 e. The Hall–Kier alpha value is -1.70. The van der Waals surface area contributed by atoms with Gasteiger partial charge in [-0.05, 0) is 6.07 Å².